The SMILES string of the molecule is CC(C)CCCC(C)Nc1ccc([N+](=O)[O-])c(N)n1. The Hall–Kier alpha value is -1.85. The molecule has 0 aliphatic rings. The number of hydrogen-bond acceptors (Lipinski definition) is 5. The van der Waals surface area contributed by atoms with Crippen LogP contribution >= 0.6 is 0 Å². The normalized spacial score (nSPS) is 12.4. The summed E-state index contributed by atoms with van der Waals surface area (Å²) in [4.78, 5) is 14.1. The second-order valence-corrected chi connectivity index (χ2v) is 5.23. The number of aromatic nitrogens is 1. The van der Waals surface area contributed by atoms with Gasteiger partial charge in [-0.3, -0.25) is 10.1 Å². The fraction of sp³-hybridized carbons (Fsp3) is 0.615. The summed E-state index contributed by atoms with van der Waals surface area (Å²) in [6.07, 6.45) is 3.38. The first-order chi connectivity index (χ1) is 8.90. The molecule has 1 aromatic heterocycles. The monoisotopic (exact) mass is 266 g/mol. The zero-order valence-corrected chi connectivity index (χ0v) is 11.7. The van der Waals surface area contributed by atoms with Crippen molar-refractivity contribution < 1.29 is 4.92 Å². The van der Waals surface area contributed by atoms with E-state index in [2.05, 4.69) is 31.1 Å². The van der Waals surface area contributed by atoms with Crippen molar-refractivity contribution in [2.45, 2.75) is 46.1 Å². The zero-order valence-electron chi connectivity index (χ0n) is 11.7. The first-order valence-electron chi connectivity index (χ1n) is 6.57. The molecule has 0 aliphatic carbocycles. The lowest BCUT2D eigenvalue weighted by atomic mass is 10.0. The lowest BCUT2D eigenvalue weighted by molar-refractivity contribution is -0.384. The lowest BCUT2D eigenvalue weighted by Gasteiger charge is -2.15. The van der Waals surface area contributed by atoms with Gasteiger partial charge < -0.3 is 11.1 Å². The molecular formula is C13H22N4O2. The van der Waals surface area contributed by atoms with Gasteiger partial charge in [0.15, 0.2) is 0 Å². The molecule has 1 rings (SSSR count). The summed E-state index contributed by atoms with van der Waals surface area (Å²) in [6, 6.07) is 3.24. The molecule has 1 aromatic rings. The van der Waals surface area contributed by atoms with Gasteiger partial charge in [-0.15, -0.1) is 0 Å². The number of nitrogens with one attached hydrogen (secondary N) is 1. The lowest BCUT2D eigenvalue weighted by Crippen LogP contribution is -2.16. The third-order valence-corrected chi connectivity index (χ3v) is 2.91. The van der Waals surface area contributed by atoms with E-state index in [0.29, 0.717) is 11.7 Å². The highest BCUT2D eigenvalue weighted by Crippen LogP contribution is 2.21. The maximum Gasteiger partial charge on any atom is 0.311 e. The van der Waals surface area contributed by atoms with Crippen molar-refractivity contribution in [3.8, 4) is 0 Å². The summed E-state index contributed by atoms with van der Waals surface area (Å²) in [7, 11) is 0. The summed E-state index contributed by atoms with van der Waals surface area (Å²) >= 11 is 0. The van der Waals surface area contributed by atoms with Crippen LogP contribution in [-0.2, 0) is 0 Å². The fourth-order valence-corrected chi connectivity index (χ4v) is 1.86. The van der Waals surface area contributed by atoms with Crippen molar-refractivity contribution in [2.75, 3.05) is 11.1 Å². The number of anilines is 2. The molecular weight excluding hydrogens is 244 g/mol. The zero-order chi connectivity index (χ0) is 14.4. The van der Waals surface area contributed by atoms with E-state index in [4.69, 9.17) is 5.73 Å². The molecule has 106 valence electrons. The Balaban J connectivity index is 2.53. The molecule has 0 spiro atoms. The molecule has 0 saturated carbocycles. The predicted molar refractivity (Wildman–Crippen MR) is 77.1 cm³/mol. The van der Waals surface area contributed by atoms with Gasteiger partial charge in [-0.2, -0.15) is 0 Å². The minimum Gasteiger partial charge on any atom is -0.378 e. The highest BCUT2D eigenvalue weighted by atomic mass is 16.6. The molecule has 0 aliphatic heterocycles. The summed E-state index contributed by atoms with van der Waals surface area (Å²) in [6.45, 7) is 6.48. The molecule has 0 saturated heterocycles. The summed E-state index contributed by atoms with van der Waals surface area (Å²) < 4.78 is 0. The molecule has 0 amide bonds. The van der Waals surface area contributed by atoms with Crippen LogP contribution in [0.15, 0.2) is 12.1 Å². The van der Waals surface area contributed by atoms with Gasteiger partial charge in [0.05, 0.1) is 4.92 Å². The maximum absolute atomic E-state index is 10.6. The smallest absolute Gasteiger partial charge is 0.311 e. The summed E-state index contributed by atoms with van der Waals surface area (Å²) in [5.74, 6) is 1.24. The molecule has 1 atom stereocenters. The van der Waals surface area contributed by atoms with Crippen LogP contribution in [0.25, 0.3) is 0 Å². The van der Waals surface area contributed by atoms with E-state index >= 15 is 0 Å². The number of pyridine rings is 1. The standard InChI is InChI=1S/C13H22N4O2/c1-9(2)5-4-6-10(3)15-12-8-7-11(17(18)19)13(14)16-12/h7-10H,4-6H2,1-3H3,(H3,14,15,16). The topological polar surface area (TPSA) is 94.1 Å². The first-order valence-corrected chi connectivity index (χ1v) is 6.57. The quantitative estimate of drug-likeness (QED) is 0.583. The van der Waals surface area contributed by atoms with Crippen LogP contribution in [-0.4, -0.2) is 15.9 Å². The molecule has 6 heteroatoms. The van der Waals surface area contributed by atoms with E-state index in [1.807, 2.05) is 0 Å². The third kappa shape index (κ3) is 5.11. The van der Waals surface area contributed by atoms with E-state index in [1.54, 1.807) is 6.07 Å². The maximum atomic E-state index is 10.6. The van der Waals surface area contributed by atoms with Gasteiger partial charge in [0.1, 0.15) is 5.82 Å². The van der Waals surface area contributed by atoms with Crippen LogP contribution in [0, 0.1) is 16.0 Å². The minimum atomic E-state index is -0.530. The van der Waals surface area contributed by atoms with Crippen LogP contribution < -0.4 is 11.1 Å². The Morgan fingerprint density at radius 1 is 1.37 bits per heavy atom. The molecule has 0 bridgehead atoms. The second kappa shape index (κ2) is 6.92. The van der Waals surface area contributed by atoms with Crippen LogP contribution in [0.2, 0.25) is 0 Å². The van der Waals surface area contributed by atoms with Gasteiger partial charge in [0, 0.05) is 12.1 Å². The average Bonchev–Trinajstić information content (AvgIpc) is 2.27. The van der Waals surface area contributed by atoms with Crippen LogP contribution in [0.3, 0.4) is 0 Å². The molecule has 19 heavy (non-hydrogen) atoms. The predicted octanol–water partition coefficient (Wildman–Crippen LogP) is 3.20. The van der Waals surface area contributed by atoms with Crippen molar-refractivity contribution in [1.29, 1.82) is 0 Å². The second-order valence-electron chi connectivity index (χ2n) is 5.23. The van der Waals surface area contributed by atoms with E-state index in [9.17, 15) is 10.1 Å². The van der Waals surface area contributed by atoms with Crippen LogP contribution in [0.4, 0.5) is 17.3 Å². The van der Waals surface area contributed by atoms with Gasteiger partial charge >= 0.3 is 5.69 Å². The van der Waals surface area contributed by atoms with Crippen molar-refractivity contribution in [3.63, 3.8) is 0 Å². The van der Waals surface area contributed by atoms with Gasteiger partial charge in [0.2, 0.25) is 5.82 Å². The van der Waals surface area contributed by atoms with Crippen LogP contribution in [0.1, 0.15) is 40.0 Å². The summed E-state index contributed by atoms with van der Waals surface area (Å²) in [5, 5.41) is 13.8. The van der Waals surface area contributed by atoms with Gasteiger partial charge in [-0.25, -0.2) is 4.98 Å². The number of rotatable bonds is 7. The highest BCUT2D eigenvalue weighted by molar-refractivity contribution is 5.57. The Morgan fingerprint density at radius 2 is 2.05 bits per heavy atom. The van der Waals surface area contributed by atoms with E-state index in [0.717, 1.165) is 12.8 Å². The largest absolute Gasteiger partial charge is 0.378 e. The van der Waals surface area contributed by atoms with E-state index in [1.165, 1.54) is 12.5 Å². The fourth-order valence-electron chi connectivity index (χ4n) is 1.86. The molecule has 1 heterocycles. The van der Waals surface area contributed by atoms with Gasteiger partial charge in [-0.1, -0.05) is 26.7 Å². The number of nitrogens with two attached hydrogens (primary N) is 1. The van der Waals surface area contributed by atoms with Crippen molar-refractivity contribution in [3.05, 3.63) is 22.2 Å². The minimum absolute atomic E-state index is 0.0515. The molecule has 0 aromatic carbocycles. The molecule has 1 unspecified atom stereocenters. The Labute approximate surface area is 113 Å². The Kier molecular flexibility index (Phi) is 5.54. The Bertz CT molecular complexity index is 435. The Morgan fingerprint density at radius 3 is 2.58 bits per heavy atom. The summed E-state index contributed by atoms with van der Waals surface area (Å²) in [5.41, 5.74) is 5.39. The number of nitrogens with zero attached hydrogens (tertiary/aromatic N) is 2. The van der Waals surface area contributed by atoms with Gasteiger partial charge in [-0.05, 0) is 25.3 Å². The molecule has 3 N–H and O–H groups in total. The number of nitro groups is 1. The van der Waals surface area contributed by atoms with Gasteiger partial charge in [0.25, 0.3) is 0 Å². The van der Waals surface area contributed by atoms with Crippen LogP contribution in [0.5, 0.6) is 0 Å². The third-order valence-electron chi connectivity index (χ3n) is 2.91. The van der Waals surface area contributed by atoms with E-state index in [-0.39, 0.29) is 17.5 Å². The van der Waals surface area contributed by atoms with Crippen molar-refractivity contribution in [2.24, 2.45) is 5.92 Å². The highest BCUT2D eigenvalue weighted by Gasteiger charge is 2.13. The first kappa shape index (κ1) is 15.2. The average molecular weight is 266 g/mol. The number of nitrogen functional groups attached to an aromatic ring is 1. The molecule has 0 radical (unpaired) electrons. The molecule has 6 nitrogen and oxygen atoms in total. The molecule has 0 fully saturated rings. The van der Waals surface area contributed by atoms with Crippen molar-refractivity contribution in [1.82, 2.24) is 4.98 Å². The number of hydrogen-bond donors (Lipinski definition) is 2. The van der Waals surface area contributed by atoms with E-state index < -0.39 is 4.92 Å². The van der Waals surface area contributed by atoms with Crippen molar-refractivity contribution >= 4 is 17.3 Å².